The van der Waals surface area contributed by atoms with Crippen LogP contribution in [0.3, 0.4) is 0 Å². The number of carbonyl (C=O) groups is 1. The number of likely N-dealkylation sites (N-methyl/N-ethyl adjacent to an activating group) is 1. The van der Waals surface area contributed by atoms with E-state index in [0.717, 1.165) is 17.1 Å². The van der Waals surface area contributed by atoms with Gasteiger partial charge in [0.25, 0.3) is 0 Å². The number of allylic oxidation sites excluding steroid dienone is 4. The summed E-state index contributed by atoms with van der Waals surface area (Å²) in [4.78, 5) is 17.7. The largest absolute Gasteiger partial charge is 0.432 e. The van der Waals surface area contributed by atoms with Crippen molar-refractivity contribution in [1.29, 1.82) is 0 Å². The van der Waals surface area contributed by atoms with Crippen LogP contribution in [0.15, 0.2) is 40.0 Å². The smallest absolute Gasteiger partial charge is 0.368 e. The van der Waals surface area contributed by atoms with E-state index in [-0.39, 0.29) is 19.0 Å². The van der Waals surface area contributed by atoms with Crippen molar-refractivity contribution in [2.75, 3.05) is 59.2 Å². The maximum Gasteiger partial charge on any atom is 0.432 e. The highest BCUT2D eigenvalue weighted by molar-refractivity contribution is 8.01. The Morgan fingerprint density at radius 2 is 1.87 bits per heavy atom. The van der Waals surface area contributed by atoms with Gasteiger partial charge in [-0.3, -0.25) is 14.1 Å². The van der Waals surface area contributed by atoms with E-state index in [2.05, 4.69) is 34.3 Å². The van der Waals surface area contributed by atoms with Gasteiger partial charge in [0.05, 0.1) is 5.88 Å². The average Bonchev–Trinajstić information content (AvgIpc) is 2.95. The molecule has 1 aliphatic carbocycles. The van der Waals surface area contributed by atoms with Gasteiger partial charge in [-0.1, -0.05) is 12.2 Å². The van der Waals surface area contributed by atoms with E-state index < -0.39 is 17.8 Å². The van der Waals surface area contributed by atoms with Gasteiger partial charge in [-0.15, -0.1) is 11.6 Å². The molecule has 1 amide bonds. The number of hydrogen-bond acceptors (Lipinski definition) is 6. The van der Waals surface area contributed by atoms with Crippen LogP contribution in [0, 0.1) is 0 Å². The molecule has 0 aromatic carbocycles. The van der Waals surface area contributed by atoms with E-state index in [1.165, 1.54) is 4.91 Å². The predicted molar refractivity (Wildman–Crippen MR) is 121 cm³/mol. The first-order valence-corrected chi connectivity index (χ1v) is 11.4. The molecule has 0 radical (unpaired) electrons. The highest BCUT2D eigenvalue weighted by atomic mass is 35.5. The lowest BCUT2D eigenvalue weighted by molar-refractivity contribution is -0.134. The van der Waals surface area contributed by atoms with E-state index in [4.69, 9.17) is 11.6 Å². The molecule has 0 aromatic heterocycles. The summed E-state index contributed by atoms with van der Waals surface area (Å²) in [5, 5.41) is 4.67. The van der Waals surface area contributed by atoms with Crippen LogP contribution in [-0.2, 0) is 4.79 Å². The van der Waals surface area contributed by atoms with Crippen LogP contribution >= 0.6 is 23.5 Å². The fraction of sp³-hybridized carbons (Fsp3) is 0.600. The summed E-state index contributed by atoms with van der Waals surface area (Å²) in [6.45, 7) is 3.99. The SMILES string of the molecule is CCN(CC(=O)N1CCN(C2=CCC=C(SN(C)C)C=C2)CC1)/N=C(\CCl)C(F)(F)F. The quantitative estimate of drug-likeness (QED) is 0.230. The summed E-state index contributed by atoms with van der Waals surface area (Å²) >= 11 is 7.04. The number of hydrogen-bond donors (Lipinski definition) is 0. The molecule has 0 atom stereocenters. The molecule has 1 aliphatic heterocycles. The first kappa shape index (κ1) is 25.6. The summed E-state index contributed by atoms with van der Waals surface area (Å²) in [5.41, 5.74) is 0.0237. The maximum absolute atomic E-state index is 12.9. The Hall–Kier alpha value is -1.65. The number of carbonyl (C=O) groups excluding carboxylic acids is 1. The van der Waals surface area contributed by atoms with Crippen LogP contribution in [0.25, 0.3) is 0 Å². The van der Waals surface area contributed by atoms with E-state index in [9.17, 15) is 18.0 Å². The number of halogens is 4. The molecule has 31 heavy (non-hydrogen) atoms. The van der Waals surface area contributed by atoms with E-state index in [0.29, 0.717) is 26.2 Å². The summed E-state index contributed by atoms with van der Waals surface area (Å²) in [6.07, 6.45) is 4.74. The van der Waals surface area contributed by atoms with Crippen LogP contribution in [-0.4, -0.2) is 96.2 Å². The Bertz CT molecular complexity index is 744. The van der Waals surface area contributed by atoms with Crippen molar-refractivity contribution in [3.05, 3.63) is 34.9 Å². The van der Waals surface area contributed by atoms with Crippen LogP contribution in [0.1, 0.15) is 13.3 Å². The second-order valence-electron chi connectivity index (χ2n) is 7.23. The molecule has 0 bridgehead atoms. The van der Waals surface area contributed by atoms with Gasteiger partial charge in [0.15, 0.2) is 5.71 Å². The van der Waals surface area contributed by atoms with Crippen molar-refractivity contribution >= 4 is 35.2 Å². The third-order valence-corrected chi connectivity index (χ3v) is 5.88. The molecular formula is C20H29ClF3N5OS. The summed E-state index contributed by atoms with van der Waals surface area (Å²) in [6, 6.07) is 0. The van der Waals surface area contributed by atoms with Gasteiger partial charge >= 0.3 is 6.18 Å². The zero-order valence-electron chi connectivity index (χ0n) is 18.0. The molecule has 6 nitrogen and oxygen atoms in total. The molecule has 2 rings (SSSR count). The van der Waals surface area contributed by atoms with Crippen molar-refractivity contribution in [1.82, 2.24) is 19.1 Å². The number of amides is 1. The normalized spacial score (nSPS) is 18.1. The lowest BCUT2D eigenvalue weighted by Gasteiger charge is -2.37. The number of rotatable bonds is 8. The summed E-state index contributed by atoms with van der Waals surface area (Å²) in [7, 11) is 4.00. The molecule has 1 saturated heterocycles. The van der Waals surface area contributed by atoms with Crippen LogP contribution in [0.4, 0.5) is 13.2 Å². The molecule has 0 unspecified atom stereocenters. The number of hydrazone groups is 1. The number of piperazine rings is 1. The Balaban J connectivity index is 1.90. The number of alkyl halides is 4. The second-order valence-corrected chi connectivity index (χ2v) is 8.89. The first-order chi connectivity index (χ1) is 14.6. The Morgan fingerprint density at radius 3 is 2.42 bits per heavy atom. The van der Waals surface area contributed by atoms with Gasteiger partial charge in [0, 0.05) is 43.3 Å². The van der Waals surface area contributed by atoms with Gasteiger partial charge in [-0.05, 0) is 51.5 Å². The van der Waals surface area contributed by atoms with Crippen molar-refractivity contribution in [3.63, 3.8) is 0 Å². The lowest BCUT2D eigenvalue weighted by atomic mass is 10.2. The maximum atomic E-state index is 12.9. The van der Waals surface area contributed by atoms with Gasteiger partial charge in [-0.2, -0.15) is 18.3 Å². The fourth-order valence-corrected chi connectivity index (χ4v) is 4.06. The van der Waals surface area contributed by atoms with E-state index in [1.807, 2.05) is 18.4 Å². The van der Waals surface area contributed by atoms with Gasteiger partial charge in [0.1, 0.15) is 6.54 Å². The molecule has 2 aliphatic rings. The Labute approximate surface area is 191 Å². The van der Waals surface area contributed by atoms with Gasteiger partial charge in [0.2, 0.25) is 5.91 Å². The van der Waals surface area contributed by atoms with Crippen molar-refractivity contribution in [3.8, 4) is 0 Å². The minimum atomic E-state index is -4.61. The monoisotopic (exact) mass is 479 g/mol. The Morgan fingerprint density at radius 1 is 1.19 bits per heavy atom. The standard InChI is InChI=1S/C20H29ClF3N5OS/c1-4-29(25-18(14-21)20(22,23)24)15-19(30)28-12-10-27(11-13-28)16-6-5-7-17(9-8-16)31-26(2)3/h6-9H,4-5,10-15H2,1-3H3/b25-18+. The summed E-state index contributed by atoms with van der Waals surface area (Å²) in [5.74, 6) is -0.989. The molecule has 0 saturated carbocycles. The van der Waals surface area contributed by atoms with Crippen molar-refractivity contribution < 1.29 is 18.0 Å². The third-order valence-electron chi connectivity index (χ3n) is 4.75. The van der Waals surface area contributed by atoms with Crippen LogP contribution in [0.2, 0.25) is 0 Å². The van der Waals surface area contributed by atoms with Crippen molar-refractivity contribution in [2.45, 2.75) is 19.5 Å². The Kier molecular flexibility index (Phi) is 9.77. The minimum Gasteiger partial charge on any atom is -0.368 e. The average molecular weight is 480 g/mol. The zero-order chi connectivity index (χ0) is 23.0. The lowest BCUT2D eigenvalue weighted by Crippen LogP contribution is -2.50. The zero-order valence-corrected chi connectivity index (χ0v) is 19.6. The topological polar surface area (TPSA) is 42.4 Å². The van der Waals surface area contributed by atoms with Crippen molar-refractivity contribution in [2.24, 2.45) is 5.10 Å². The number of nitrogens with zero attached hydrogens (tertiary/aromatic N) is 5. The summed E-state index contributed by atoms with van der Waals surface area (Å²) < 4.78 is 40.7. The first-order valence-electron chi connectivity index (χ1n) is 10.1. The fourth-order valence-electron chi connectivity index (χ4n) is 3.13. The van der Waals surface area contributed by atoms with Gasteiger partial charge < -0.3 is 9.80 Å². The van der Waals surface area contributed by atoms with Crippen LogP contribution in [0.5, 0.6) is 0 Å². The minimum absolute atomic E-state index is 0.181. The molecule has 11 heteroatoms. The van der Waals surface area contributed by atoms with Crippen LogP contribution < -0.4 is 0 Å². The molecular weight excluding hydrogens is 451 g/mol. The molecule has 1 heterocycles. The van der Waals surface area contributed by atoms with Gasteiger partial charge in [-0.25, -0.2) is 0 Å². The van der Waals surface area contributed by atoms with E-state index in [1.54, 1.807) is 23.8 Å². The third kappa shape index (κ3) is 8.08. The molecule has 0 spiro atoms. The molecule has 0 aromatic rings. The highest BCUT2D eigenvalue weighted by Gasteiger charge is 2.36. The predicted octanol–water partition coefficient (Wildman–Crippen LogP) is 3.55. The molecule has 0 N–H and O–H groups in total. The second kappa shape index (κ2) is 11.8. The molecule has 174 valence electrons. The van der Waals surface area contributed by atoms with E-state index >= 15 is 0 Å². The molecule has 1 fully saturated rings. The highest BCUT2D eigenvalue weighted by Crippen LogP contribution is 2.24.